The summed E-state index contributed by atoms with van der Waals surface area (Å²) in [6.07, 6.45) is 18.1. The molecule has 0 fully saturated rings. The molecule has 0 amide bonds. The summed E-state index contributed by atoms with van der Waals surface area (Å²) in [5.41, 5.74) is 5.05. The molecular formula is C32H43N. The van der Waals surface area contributed by atoms with Gasteiger partial charge >= 0.3 is 0 Å². The zero-order valence-corrected chi connectivity index (χ0v) is 20.7. The molecule has 0 saturated carbocycles. The number of hydrogen-bond donors (Lipinski definition) is 0. The highest BCUT2D eigenvalue weighted by atomic mass is 15.1. The van der Waals surface area contributed by atoms with E-state index in [1.54, 1.807) is 0 Å². The molecule has 0 aliphatic heterocycles. The van der Waals surface area contributed by atoms with Crippen molar-refractivity contribution in [3.63, 3.8) is 0 Å². The summed E-state index contributed by atoms with van der Waals surface area (Å²) in [6, 6.07) is 30.4. The highest BCUT2D eigenvalue weighted by Crippen LogP contribution is 2.34. The standard InChI is InChI=1S/C32H43N/c1-2-3-4-5-6-7-8-9-10-11-12-15-20-29-25-27-32(28-26-29)33(30-21-16-13-17-22-30)31-23-18-14-19-24-31/h13-14,16-19,21-28H,2-12,15,20H2,1H3. The van der Waals surface area contributed by atoms with Crippen LogP contribution in [0.15, 0.2) is 84.9 Å². The summed E-state index contributed by atoms with van der Waals surface area (Å²) < 4.78 is 0. The van der Waals surface area contributed by atoms with Crippen LogP contribution in [0.2, 0.25) is 0 Å². The van der Waals surface area contributed by atoms with Gasteiger partial charge in [0.2, 0.25) is 0 Å². The molecule has 0 spiro atoms. The number of rotatable bonds is 16. The Morgan fingerprint density at radius 3 is 1.27 bits per heavy atom. The van der Waals surface area contributed by atoms with E-state index in [-0.39, 0.29) is 0 Å². The second-order valence-electron chi connectivity index (χ2n) is 9.31. The molecule has 0 radical (unpaired) electrons. The van der Waals surface area contributed by atoms with Crippen molar-refractivity contribution in [2.75, 3.05) is 4.90 Å². The Hall–Kier alpha value is -2.54. The van der Waals surface area contributed by atoms with Gasteiger partial charge in [-0.15, -0.1) is 0 Å². The molecule has 0 N–H and O–H groups in total. The molecule has 0 bridgehead atoms. The Bertz CT molecular complexity index is 815. The average molecular weight is 442 g/mol. The van der Waals surface area contributed by atoms with Crippen molar-refractivity contribution in [3.05, 3.63) is 90.5 Å². The van der Waals surface area contributed by atoms with E-state index >= 15 is 0 Å². The maximum Gasteiger partial charge on any atom is 0.0461 e. The third-order valence-electron chi connectivity index (χ3n) is 6.54. The van der Waals surface area contributed by atoms with Crippen LogP contribution in [0.3, 0.4) is 0 Å². The first-order chi connectivity index (χ1) is 16.4. The number of para-hydroxylation sites is 2. The molecule has 0 heterocycles. The fraction of sp³-hybridized carbons (Fsp3) is 0.438. The Morgan fingerprint density at radius 2 is 0.818 bits per heavy atom. The Kier molecular flexibility index (Phi) is 11.7. The van der Waals surface area contributed by atoms with Crippen LogP contribution in [0.5, 0.6) is 0 Å². The lowest BCUT2D eigenvalue weighted by Crippen LogP contribution is -2.09. The predicted octanol–water partition coefficient (Wildman–Crippen LogP) is 10.4. The predicted molar refractivity (Wildman–Crippen MR) is 146 cm³/mol. The minimum Gasteiger partial charge on any atom is -0.311 e. The summed E-state index contributed by atoms with van der Waals surface area (Å²) in [7, 11) is 0. The number of benzene rings is 3. The number of unbranched alkanes of at least 4 members (excludes halogenated alkanes) is 11. The SMILES string of the molecule is CCCCCCCCCCCCCCc1ccc(N(c2ccccc2)c2ccccc2)cc1. The minimum absolute atomic E-state index is 1.19. The van der Waals surface area contributed by atoms with E-state index in [4.69, 9.17) is 0 Å². The van der Waals surface area contributed by atoms with E-state index in [0.717, 1.165) is 0 Å². The highest BCUT2D eigenvalue weighted by Gasteiger charge is 2.11. The van der Waals surface area contributed by atoms with E-state index < -0.39 is 0 Å². The van der Waals surface area contributed by atoms with Crippen molar-refractivity contribution in [2.45, 2.75) is 90.4 Å². The molecule has 0 unspecified atom stereocenters. The lowest BCUT2D eigenvalue weighted by atomic mass is 10.0. The van der Waals surface area contributed by atoms with Gasteiger partial charge in [-0.05, 0) is 54.8 Å². The zero-order valence-electron chi connectivity index (χ0n) is 20.7. The van der Waals surface area contributed by atoms with Crippen LogP contribution in [0.1, 0.15) is 89.5 Å². The molecule has 0 aliphatic rings. The molecular weight excluding hydrogens is 398 g/mol. The summed E-state index contributed by atoms with van der Waals surface area (Å²) in [5.74, 6) is 0. The third kappa shape index (κ3) is 9.08. The quantitative estimate of drug-likeness (QED) is 0.200. The molecule has 33 heavy (non-hydrogen) atoms. The van der Waals surface area contributed by atoms with Crippen LogP contribution >= 0.6 is 0 Å². The highest BCUT2D eigenvalue weighted by molar-refractivity contribution is 5.76. The zero-order chi connectivity index (χ0) is 23.0. The van der Waals surface area contributed by atoms with Gasteiger partial charge in [0.1, 0.15) is 0 Å². The normalized spacial score (nSPS) is 10.9. The average Bonchev–Trinajstić information content (AvgIpc) is 2.87. The van der Waals surface area contributed by atoms with Gasteiger partial charge in [-0.2, -0.15) is 0 Å². The number of aryl methyl sites for hydroxylation is 1. The largest absolute Gasteiger partial charge is 0.311 e. The molecule has 0 aromatic heterocycles. The topological polar surface area (TPSA) is 3.24 Å². The van der Waals surface area contributed by atoms with Gasteiger partial charge in [-0.1, -0.05) is 126 Å². The second kappa shape index (κ2) is 15.3. The van der Waals surface area contributed by atoms with Crippen molar-refractivity contribution in [1.29, 1.82) is 0 Å². The van der Waals surface area contributed by atoms with Crippen molar-refractivity contribution in [1.82, 2.24) is 0 Å². The van der Waals surface area contributed by atoms with Crippen LogP contribution in [0, 0.1) is 0 Å². The Morgan fingerprint density at radius 1 is 0.424 bits per heavy atom. The molecule has 0 atom stereocenters. The van der Waals surface area contributed by atoms with Gasteiger partial charge in [0.25, 0.3) is 0 Å². The van der Waals surface area contributed by atoms with Crippen molar-refractivity contribution in [3.8, 4) is 0 Å². The molecule has 1 nitrogen and oxygen atoms in total. The van der Waals surface area contributed by atoms with Crippen LogP contribution in [-0.2, 0) is 6.42 Å². The van der Waals surface area contributed by atoms with Crippen molar-refractivity contribution < 1.29 is 0 Å². The molecule has 1 heteroatoms. The van der Waals surface area contributed by atoms with E-state index in [0.29, 0.717) is 0 Å². The molecule has 0 aliphatic carbocycles. The number of hydrogen-bond acceptors (Lipinski definition) is 1. The smallest absolute Gasteiger partial charge is 0.0461 e. The van der Waals surface area contributed by atoms with Crippen molar-refractivity contribution in [2.24, 2.45) is 0 Å². The Balaban J connectivity index is 1.39. The monoisotopic (exact) mass is 441 g/mol. The molecule has 3 aromatic carbocycles. The molecule has 3 rings (SSSR count). The van der Waals surface area contributed by atoms with Crippen LogP contribution in [0.25, 0.3) is 0 Å². The maximum atomic E-state index is 2.33. The molecule has 0 saturated heterocycles. The summed E-state index contributed by atoms with van der Waals surface area (Å²) in [4.78, 5) is 2.33. The van der Waals surface area contributed by atoms with Gasteiger partial charge in [-0.25, -0.2) is 0 Å². The van der Waals surface area contributed by atoms with Crippen LogP contribution < -0.4 is 4.90 Å². The van der Waals surface area contributed by atoms with Crippen molar-refractivity contribution >= 4 is 17.1 Å². The summed E-state index contributed by atoms with van der Waals surface area (Å²) in [6.45, 7) is 2.29. The lowest BCUT2D eigenvalue weighted by molar-refractivity contribution is 0.544. The van der Waals surface area contributed by atoms with E-state index in [1.807, 2.05) is 0 Å². The van der Waals surface area contributed by atoms with Gasteiger partial charge in [0.05, 0.1) is 0 Å². The van der Waals surface area contributed by atoms with E-state index in [2.05, 4.69) is 96.8 Å². The van der Waals surface area contributed by atoms with Crippen LogP contribution in [-0.4, -0.2) is 0 Å². The van der Waals surface area contributed by atoms with E-state index in [1.165, 1.54) is 106 Å². The lowest BCUT2D eigenvalue weighted by Gasteiger charge is -2.25. The summed E-state index contributed by atoms with van der Waals surface area (Å²) in [5, 5.41) is 0. The second-order valence-corrected chi connectivity index (χ2v) is 9.31. The minimum atomic E-state index is 1.19. The van der Waals surface area contributed by atoms with Crippen LogP contribution in [0.4, 0.5) is 17.1 Å². The van der Waals surface area contributed by atoms with Gasteiger partial charge in [0, 0.05) is 17.1 Å². The Labute approximate surface area is 202 Å². The first kappa shape index (κ1) is 25.1. The maximum absolute atomic E-state index is 2.33. The van der Waals surface area contributed by atoms with Gasteiger partial charge < -0.3 is 4.90 Å². The van der Waals surface area contributed by atoms with Gasteiger partial charge in [0.15, 0.2) is 0 Å². The number of nitrogens with zero attached hydrogens (tertiary/aromatic N) is 1. The third-order valence-corrected chi connectivity index (χ3v) is 6.54. The summed E-state index contributed by atoms with van der Waals surface area (Å²) >= 11 is 0. The van der Waals surface area contributed by atoms with Gasteiger partial charge in [-0.3, -0.25) is 0 Å². The molecule has 3 aromatic rings. The first-order valence-electron chi connectivity index (χ1n) is 13.4. The molecule has 176 valence electrons. The van der Waals surface area contributed by atoms with E-state index in [9.17, 15) is 0 Å². The fourth-order valence-electron chi connectivity index (χ4n) is 4.58. The fourth-order valence-corrected chi connectivity index (χ4v) is 4.58. The first-order valence-corrected chi connectivity index (χ1v) is 13.4. The number of anilines is 3.